The maximum absolute atomic E-state index is 14.2. The highest BCUT2D eigenvalue weighted by molar-refractivity contribution is 6.24. The Hall–Kier alpha value is -5.98. The van der Waals surface area contributed by atoms with Crippen molar-refractivity contribution in [3.63, 3.8) is 0 Å². The number of phenols is 3. The molecule has 3 fully saturated rings. The average molecular weight is 653 g/mol. The zero-order valence-electron chi connectivity index (χ0n) is 25.2. The van der Waals surface area contributed by atoms with E-state index < -0.39 is 93.7 Å². The number of carboxylic acid groups (broad SMARTS) is 2. The van der Waals surface area contributed by atoms with Gasteiger partial charge < -0.3 is 25.5 Å². The number of allylic oxidation sites excluding steroid dienone is 2. The topological polar surface area (TPSA) is 210 Å². The fourth-order valence-electron chi connectivity index (χ4n) is 8.06. The fourth-order valence-corrected chi connectivity index (χ4v) is 8.06. The monoisotopic (exact) mass is 652 g/mol. The number of imide groups is 2. The molecule has 48 heavy (non-hydrogen) atoms. The molecular weight excluding hydrogens is 624 g/mol. The number of rotatable bonds is 5. The highest BCUT2D eigenvalue weighted by Crippen LogP contribution is 2.59. The first-order valence-electron chi connectivity index (χ1n) is 15.2. The Morgan fingerprint density at radius 1 is 0.688 bits per heavy atom. The molecule has 2 aliphatic heterocycles. The second-order valence-electron chi connectivity index (χ2n) is 12.6. The van der Waals surface area contributed by atoms with E-state index in [0.29, 0.717) is 16.7 Å². The molecule has 5 N–H and O–H groups in total. The number of anilines is 2. The lowest BCUT2D eigenvalue weighted by Gasteiger charge is -2.44. The molecule has 4 amide bonds. The van der Waals surface area contributed by atoms with Gasteiger partial charge in [0.05, 0.1) is 35.0 Å². The van der Waals surface area contributed by atoms with Crippen molar-refractivity contribution in [3.8, 4) is 17.2 Å². The number of phenolic OH excluding ortho intramolecular Hbond substituents is 1. The van der Waals surface area contributed by atoms with E-state index in [0.717, 1.165) is 34.1 Å². The van der Waals surface area contributed by atoms with Crippen LogP contribution in [-0.2, 0) is 19.2 Å². The fraction of sp³-hybridized carbons (Fsp3) is 0.257. The number of fused-ring (bicyclic) bond motifs is 4. The van der Waals surface area contributed by atoms with Crippen LogP contribution < -0.4 is 9.80 Å². The van der Waals surface area contributed by atoms with Crippen LogP contribution in [0.1, 0.15) is 50.6 Å². The average Bonchev–Trinajstić information content (AvgIpc) is 3.44. The SMILES string of the molecule is Cc1cccc([C@H]2C3=CC[C@@H]4C(=O)N(c5ccc(C(=O)O)c(O)c5)C(=O)[C@@H]4[C@@H]3C[C@H]3C(=O)N(c4ccc(C(=O)O)c(O)c4)C(=O)[C@@H]23)c1O. The molecule has 6 atom stereocenters. The van der Waals surface area contributed by atoms with Crippen LogP contribution in [-0.4, -0.2) is 61.1 Å². The Labute approximate surface area is 271 Å². The largest absolute Gasteiger partial charge is 0.507 e. The van der Waals surface area contributed by atoms with Gasteiger partial charge in [-0.15, -0.1) is 0 Å². The number of hydrogen-bond acceptors (Lipinski definition) is 9. The van der Waals surface area contributed by atoms with E-state index in [2.05, 4.69) is 0 Å². The first-order chi connectivity index (χ1) is 22.8. The van der Waals surface area contributed by atoms with Gasteiger partial charge in [-0.1, -0.05) is 29.8 Å². The summed E-state index contributed by atoms with van der Waals surface area (Å²) in [7, 11) is 0. The molecule has 0 bridgehead atoms. The van der Waals surface area contributed by atoms with Gasteiger partial charge in [0.1, 0.15) is 28.4 Å². The minimum atomic E-state index is -1.40. The molecule has 0 aromatic heterocycles. The van der Waals surface area contributed by atoms with Crippen LogP contribution in [0.4, 0.5) is 11.4 Å². The molecule has 13 nitrogen and oxygen atoms in total. The summed E-state index contributed by atoms with van der Waals surface area (Å²) < 4.78 is 0. The molecule has 0 spiro atoms. The number of carboxylic acids is 2. The lowest BCUT2D eigenvalue weighted by atomic mass is 9.57. The van der Waals surface area contributed by atoms with Gasteiger partial charge in [0.2, 0.25) is 23.6 Å². The first kappa shape index (κ1) is 30.7. The second kappa shape index (κ2) is 10.8. The van der Waals surface area contributed by atoms with E-state index in [4.69, 9.17) is 0 Å². The predicted molar refractivity (Wildman–Crippen MR) is 165 cm³/mol. The van der Waals surface area contributed by atoms with Crippen molar-refractivity contribution in [1.29, 1.82) is 0 Å². The lowest BCUT2D eigenvalue weighted by molar-refractivity contribution is -0.126. The molecule has 7 rings (SSSR count). The predicted octanol–water partition coefficient (Wildman–Crippen LogP) is 3.55. The normalized spacial score (nSPS) is 26.2. The third kappa shape index (κ3) is 4.30. The Morgan fingerprint density at radius 2 is 1.23 bits per heavy atom. The van der Waals surface area contributed by atoms with E-state index in [1.54, 1.807) is 31.2 Å². The van der Waals surface area contributed by atoms with E-state index in [9.17, 15) is 54.3 Å². The van der Waals surface area contributed by atoms with Crippen LogP contribution in [0.3, 0.4) is 0 Å². The number of aryl methyl sites for hydroxylation is 1. The van der Waals surface area contributed by atoms with Gasteiger partial charge in [-0.3, -0.25) is 19.2 Å². The van der Waals surface area contributed by atoms with Crippen LogP contribution in [0.5, 0.6) is 17.2 Å². The van der Waals surface area contributed by atoms with Crippen LogP contribution >= 0.6 is 0 Å². The quantitative estimate of drug-likeness (QED) is 0.199. The summed E-state index contributed by atoms with van der Waals surface area (Å²) in [6.45, 7) is 1.69. The first-order valence-corrected chi connectivity index (χ1v) is 15.2. The van der Waals surface area contributed by atoms with Crippen molar-refractivity contribution in [2.24, 2.45) is 29.6 Å². The Morgan fingerprint density at radius 3 is 1.77 bits per heavy atom. The summed E-state index contributed by atoms with van der Waals surface area (Å²) in [4.78, 5) is 80.9. The molecule has 244 valence electrons. The number of hydrogen-bond donors (Lipinski definition) is 5. The Bertz CT molecular complexity index is 2030. The zero-order valence-corrected chi connectivity index (χ0v) is 25.2. The molecule has 4 aliphatic rings. The molecule has 2 aliphatic carbocycles. The highest BCUT2D eigenvalue weighted by Gasteiger charge is 2.62. The minimum Gasteiger partial charge on any atom is -0.507 e. The number of para-hydroxylation sites is 1. The Kier molecular flexibility index (Phi) is 6.89. The summed E-state index contributed by atoms with van der Waals surface area (Å²) in [5, 5.41) is 50.6. The molecule has 1 saturated carbocycles. The summed E-state index contributed by atoms with van der Waals surface area (Å²) in [6.07, 6.45) is 1.92. The number of nitrogens with zero attached hydrogens (tertiary/aromatic N) is 2. The molecule has 0 radical (unpaired) electrons. The van der Waals surface area contributed by atoms with Crippen molar-refractivity contribution in [2.45, 2.75) is 25.7 Å². The van der Waals surface area contributed by atoms with Crippen LogP contribution in [0.2, 0.25) is 0 Å². The lowest BCUT2D eigenvalue weighted by Crippen LogP contribution is -2.43. The van der Waals surface area contributed by atoms with E-state index in [-0.39, 0.29) is 30.0 Å². The van der Waals surface area contributed by atoms with E-state index >= 15 is 0 Å². The van der Waals surface area contributed by atoms with Gasteiger partial charge in [0, 0.05) is 23.6 Å². The van der Waals surface area contributed by atoms with Gasteiger partial charge in [-0.25, -0.2) is 19.4 Å². The van der Waals surface area contributed by atoms with Crippen LogP contribution in [0.25, 0.3) is 0 Å². The number of aromatic carboxylic acids is 2. The number of carbonyl (C=O) groups is 6. The van der Waals surface area contributed by atoms with E-state index in [1.807, 2.05) is 0 Å². The molecule has 3 aromatic carbocycles. The van der Waals surface area contributed by atoms with Crippen molar-refractivity contribution >= 4 is 46.9 Å². The van der Waals surface area contributed by atoms with Gasteiger partial charge in [-0.2, -0.15) is 0 Å². The summed E-state index contributed by atoms with van der Waals surface area (Å²) in [5.41, 5.74) is 0.649. The van der Waals surface area contributed by atoms with Crippen molar-refractivity contribution < 1.29 is 54.3 Å². The number of aromatic hydroxyl groups is 3. The maximum Gasteiger partial charge on any atom is 0.339 e. The van der Waals surface area contributed by atoms with Crippen molar-refractivity contribution in [1.82, 2.24) is 0 Å². The Balaban J connectivity index is 1.32. The molecule has 3 aromatic rings. The summed E-state index contributed by atoms with van der Waals surface area (Å²) in [6, 6.07) is 11.8. The molecule has 0 unspecified atom stereocenters. The second-order valence-corrected chi connectivity index (χ2v) is 12.6. The highest BCUT2D eigenvalue weighted by atomic mass is 16.4. The summed E-state index contributed by atoms with van der Waals surface area (Å²) >= 11 is 0. The third-order valence-electron chi connectivity index (χ3n) is 10.2. The molecular formula is C35H28N2O11. The van der Waals surface area contributed by atoms with E-state index in [1.165, 1.54) is 12.1 Å². The number of carbonyl (C=O) groups excluding carboxylic acids is 4. The summed E-state index contributed by atoms with van der Waals surface area (Å²) in [5.74, 6) is -11.9. The van der Waals surface area contributed by atoms with Crippen molar-refractivity contribution in [3.05, 3.63) is 88.5 Å². The van der Waals surface area contributed by atoms with Crippen molar-refractivity contribution in [2.75, 3.05) is 9.80 Å². The number of benzene rings is 3. The van der Waals surface area contributed by atoms with Crippen LogP contribution in [0, 0.1) is 36.5 Å². The standard InChI is InChI=1S/C35H28N2O11/c1-14-3-2-4-20(29(14)40)26-17-9-10-21-27(32(43)36(30(21)41)15-5-7-18(34(45)46)24(38)11-15)22(17)13-23-28(26)33(44)37(31(23)42)16-6-8-19(35(47)48)25(39)12-16/h2-9,11-12,21-23,26-28,38-40H,10,13H2,1H3,(H,45,46)(H,47,48)/t21-,22+,23+,26+,27-,28+/m0/s1. The minimum absolute atomic E-state index is 0.00655. The van der Waals surface area contributed by atoms with Gasteiger partial charge in [0.15, 0.2) is 0 Å². The number of amides is 4. The molecule has 2 heterocycles. The molecule has 13 heteroatoms. The van der Waals surface area contributed by atoms with Gasteiger partial charge in [0.25, 0.3) is 0 Å². The third-order valence-corrected chi connectivity index (χ3v) is 10.2. The zero-order chi connectivity index (χ0) is 34.3. The maximum atomic E-state index is 14.2. The van der Waals surface area contributed by atoms with Gasteiger partial charge >= 0.3 is 11.9 Å². The van der Waals surface area contributed by atoms with Gasteiger partial charge in [-0.05, 0) is 55.5 Å². The van der Waals surface area contributed by atoms with Crippen LogP contribution in [0.15, 0.2) is 66.2 Å². The molecule has 2 saturated heterocycles. The smallest absolute Gasteiger partial charge is 0.339 e.